The maximum Gasteiger partial charge on any atom is 0.450 e. The number of benzene rings is 1. The van der Waals surface area contributed by atoms with E-state index in [0.717, 1.165) is 6.07 Å². The number of nitrogens with zero attached hydrogens (tertiary/aromatic N) is 1. The molecule has 92 valence electrons. The van der Waals surface area contributed by atoms with Crippen LogP contribution >= 0.6 is 0 Å². The largest absolute Gasteiger partial charge is 0.450 e. The summed E-state index contributed by atoms with van der Waals surface area (Å²) >= 11 is 0. The third-order valence-corrected chi connectivity index (χ3v) is 1.89. The fraction of sp³-hybridized carbons (Fsp3) is 0.222. The van der Waals surface area contributed by atoms with Gasteiger partial charge in [0.2, 0.25) is 11.6 Å². The summed E-state index contributed by atoms with van der Waals surface area (Å²) in [6.45, 7) is 0. The molecular formula is C9H5F4NO3. The third-order valence-electron chi connectivity index (χ3n) is 1.89. The molecule has 1 rings (SSSR count). The Kier molecular flexibility index (Phi) is 3.45. The number of ketones is 1. The summed E-state index contributed by atoms with van der Waals surface area (Å²) in [5.74, 6) is -3.31. The molecule has 0 aliphatic carbocycles. The van der Waals surface area contributed by atoms with Crippen molar-refractivity contribution in [3.63, 3.8) is 0 Å². The number of nitro groups is 1. The van der Waals surface area contributed by atoms with Crippen molar-refractivity contribution in [2.45, 2.75) is 12.6 Å². The Hall–Kier alpha value is -1.99. The Morgan fingerprint density at radius 1 is 1.35 bits per heavy atom. The van der Waals surface area contributed by atoms with Crippen molar-refractivity contribution in [2.24, 2.45) is 0 Å². The monoisotopic (exact) mass is 251 g/mol. The first kappa shape index (κ1) is 13.1. The van der Waals surface area contributed by atoms with Crippen LogP contribution in [0.1, 0.15) is 5.56 Å². The van der Waals surface area contributed by atoms with E-state index < -0.39 is 34.8 Å². The van der Waals surface area contributed by atoms with Gasteiger partial charge in [0.25, 0.3) is 0 Å². The van der Waals surface area contributed by atoms with Gasteiger partial charge in [0.15, 0.2) is 0 Å². The highest BCUT2D eigenvalue weighted by atomic mass is 19.4. The van der Waals surface area contributed by atoms with Gasteiger partial charge >= 0.3 is 11.9 Å². The van der Waals surface area contributed by atoms with Crippen LogP contribution in [0.15, 0.2) is 18.2 Å². The zero-order valence-corrected chi connectivity index (χ0v) is 8.12. The quantitative estimate of drug-likeness (QED) is 0.470. The van der Waals surface area contributed by atoms with Crippen molar-refractivity contribution in [2.75, 3.05) is 0 Å². The molecule has 8 heteroatoms. The zero-order chi connectivity index (χ0) is 13.2. The number of hydrogen-bond donors (Lipinski definition) is 0. The van der Waals surface area contributed by atoms with Crippen molar-refractivity contribution in [1.29, 1.82) is 0 Å². The smallest absolute Gasteiger partial charge is 0.289 e. The first-order valence-corrected chi connectivity index (χ1v) is 4.24. The highest BCUT2D eigenvalue weighted by molar-refractivity contribution is 5.86. The van der Waals surface area contributed by atoms with E-state index in [1.54, 1.807) is 0 Å². The van der Waals surface area contributed by atoms with Gasteiger partial charge in [-0.25, -0.2) is 0 Å². The van der Waals surface area contributed by atoms with Gasteiger partial charge in [0, 0.05) is 12.5 Å². The summed E-state index contributed by atoms with van der Waals surface area (Å²) in [5.41, 5.74) is -1.12. The maximum atomic E-state index is 13.0. The number of halogens is 4. The second kappa shape index (κ2) is 4.48. The zero-order valence-electron chi connectivity index (χ0n) is 8.12. The minimum absolute atomic E-state index is 0.268. The number of nitro benzene ring substituents is 1. The molecule has 1 aromatic rings. The van der Waals surface area contributed by atoms with E-state index >= 15 is 0 Å². The van der Waals surface area contributed by atoms with Gasteiger partial charge in [-0.2, -0.15) is 17.6 Å². The SMILES string of the molecule is O=C(Cc1ccc([N+](=O)[O-])c(F)c1)C(F)(F)F. The van der Waals surface area contributed by atoms with Crippen molar-refractivity contribution in [1.82, 2.24) is 0 Å². The normalized spacial score (nSPS) is 11.3. The molecule has 0 bridgehead atoms. The van der Waals surface area contributed by atoms with Gasteiger partial charge in [-0.15, -0.1) is 0 Å². The molecule has 0 amide bonds. The van der Waals surface area contributed by atoms with E-state index in [-0.39, 0.29) is 5.56 Å². The molecule has 0 fully saturated rings. The average molecular weight is 251 g/mol. The summed E-state index contributed by atoms with van der Waals surface area (Å²) in [6.07, 6.45) is -6.04. The molecule has 0 saturated heterocycles. The molecule has 0 radical (unpaired) electrons. The van der Waals surface area contributed by atoms with E-state index in [0.29, 0.717) is 12.1 Å². The highest BCUT2D eigenvalue weighted by Crippen LogP contribution is 2.22. The van der Waals surface area contributed by atoms with E-state index in [1.807, 2.05) is 0 Å². The summed E-state index contributed by atoms with van der Waals surface area (Å²) in [5, 5.41) is 10.2. The first-order valence-electron chi connectivity index (χ1n) is 4.24. The van der Waals surface area contributed by atoms with Gasteiger partial charge in [-0.05, 0) is 11.6 Å². The van der Waals surface area contributed by atoms with Crippen LogP contribution in [0.3, 0.4) is 0 Å². The van der Waals surface area contributed by atoms with Crippen LogP contribution < -0.4 is 0 Å². The molecule has 0 unspecified atom stereocenters. The Morgan fingerprint density at radius 3 is 2.35 bits per heavy atom. The molecule has 0 N–H and O–H groups in total. The summed E-state index contributed by atoms with van der Waals surface area (Å²) in [4.78, 5) is 19.8. The van der Waals surface area contributed by atoms with Crippen molar-refractivity contribution in [3.8, 4) is 0 Å². The van der Waals surface area contributed by atoms with Crippen molar-refractivity contribution in [3.05, 3.63) is 39.7 Å². The minimum Gasteiger partial charge on any atom is -0.289 e. The van der Waals surface area contributed by atoms with E-state index in [4.69, 9.17) is 0 Å². The number of hydrogen-bond acceptors (Lipinski definition) is 3. The van der Waals surface area contributed by atoms with Crippen LogP contribution in [0, 0.1) is 15.9 Å². The van der Waals surface area contributed by atoms with Crippen LogP contribution in [0.2, 0.25) is 0 Å². The molecule has 17 heavy (non-hydrogen) atoms. The molecule has 0 heterocycles. The van der Waals surface area contributed by atoms with Gasteiger partial charge in [-0.1, -0.05) is 6.07 Å². The fourth-order valence-electron chi connectivity index (χ4n) is 1.09. The van der Waals surface area contributed by atoms with Crippen LogP contribution in [0.4, 0.5) is 23.2 Å². The predicted molar refractivity (Wildman–Crippen MR) is 47.8 cm³/mol. The van der Waals surface area contributed by atoms with Gasteiger partial charge in [0.05, 0.1) is 4.92 Å². The lowest BCUT2D eigenvalue weighted by atomic mass is 10.1. The van der Waals surface area contributed by atoms with Gasteiger partial charge in [0.1, 0.15) is 0 Å². The molecule has 0 aliphatic rings. The molecular weight excluding hydrogens is 246 g/mol. The topological polar surface area (TPSA) is 60.2 Å². The number of rotatable bonds is 3. The summed E-state index contributed by atoms with van der Waals surface area (Å²) in [6, 6.07) is 2.17. The van der Waals surface area contributed by atoms with Crippen LogP contribution in [0.5, 0.6) is 0 Å². The van der Waals surface area contributed by atoms with Gasteiger partial charge < -0.3 is 0 Å². The first-order chi connectivity index (χ1) is 7.71. The van der Waals surface area contributed by atoms with Crippen LogP contribution in [-0.2, 0) is 11.2 Å². The predicted octanol–water partition coefficient (Wildman–Crippen LogP) is 2.41. The number of carbonyl (C=O) groups excluding carboxylic acids is 1. The maximum absolute atomic E-state index is 13.0. The second-order valence-electron chi connectivity index (χ2n) is 3.14. The molecule has 0 saturated carbocycles. The second-order valence-corrected chi connectivity index (χ2v) is 3.14. The fourth-order valence-corrected chi connectivity index (χ4v) is 1.09. The summed E-state index contributed by atoms with van der Waals surface area (Å²) < 4.78 is 48.7. The Labute approximate surface area is 92.0 Å². The molecule has 4 nitrogen and oxygen atoms in total. The van der Waals surface area contributed by atoms with Crippen molar-refractivity contribution < 1.29 is 27.3 Å². The van der Waals surface area contributed by atoms with E-state index in [1.165, 1.54) is 0 Å². The molecule has 1 aromatic carbocycles. The Bertz CT molecular complexity index is 470. The summed E-state index contributed by atoms with van der Waals surface area (Å²) in [7, 11) is 0. The van der Waals surface area contributed by atoms with E-state index in [9.17, 15) is 32.5 Å². The van der Waals surface area contributed by atoms with Crippen LogP contribution in [-0.4, -0.2) is 16.9 Å². The molecule has 0 atom stereocenters. The lowest BCUT2D eigenvalue weighted by Crippen LogP contribution is -2.24. The van der Waals surface area contributed by atoms with Gasteiger partial charge in [-0.3, -0.25) is 14.9 Å². The molecule has 0 aromatic heterocycles. The Morgan fingerprint density at radius 2 is 1.94 bits per heavy atom. The van der Waals surface area contributed by atoms with E-state index in [2.05, 4.69) is 0 Å². The standard InChI is InChI=1S/C9H5F4NO3/c10-6-3-5(1-2-7(6)14(16)17)4-8(15)9(11,12)13/h1-3H,4H2. The minimum atomic E-state index is -5.00. The number of Topliss-reactive ketones (excluding diaryl/α,β-unsaturated/α-hetero) is 1. The van der Waals surface area contributed by atoms with Crippen LogP contribution in [0.25, 0.3) is 0 Å². The number of alkyl halides is 3. The lowest BCUT2D eigenvalue weighted by molar-refractivity contribution is -0.387. The molecule has 0 aliphatic heterocycles. The number of carbonyl (C=O) groups is 1. The average Bonchev–Trinajstić information content (AvgIpc) is 2.15. The molecule has 0 spiro atoms. The van der Waals surface area contributed by atoms with Crippen molar-refractivity contribution >= 4 is 11.5 Å². The third kappa shape index (κ3) is 3.23. The lowest BCUT2D eigenvalue weighted by Gasteiger charge is -2.05. The highest BCUT2D eigenvalue weighted by Gasteiger charge is 2.37. The Balaban J connectivity index is 2.92.